The number of piperazine rings is 1. The summed E-state index contributed by atoms with van der Waals surface area (Å²) in [7, 11) is 0. The standard InChI is InChI=1S/C21H26N6O2/c1-13-8-20(23-14(2)22-13)26-10-18-9-19(11-26)27(18)12-21(29)25-17-6-4-16(5-7-17)24-15(3)28/h4-8,18-19H,9-12H2,1-3H3,(H,24,28)(H,25,29). The fraction of sp³-hybridized carbons (Fsp3) is 0.429. The molecule has 2 N–H and O–H groups in total. The molecule has 1 aromatic heterocycles. The van der Waals surface area contributed by atoms with Gasteiger partial charge in [-0.25, -0.2) is 9.97 Å². The van der Waals surface area contributed by atoms with Crippen LogP contribution in [0.4, 0.5) is 17.2 Å². The maximum atomic E-state index is 12.5. The van der Waals surface area contributed by atoms with Crippen LogP contribution in [0, 0.1) is 13.8 Å². The summed E-state index contributed by atoms with van der Waals surface area (Å²) in [5.74, 6) is 1.63. The largest absolute Gasteiger partial charge is 0.353 e. The van der Waals surface area contributed by atoms with E-state index in [0.29, 0.717) is 24.3 Å². The quantitative estimate of drug-likeness (QED) is 0.806. The van der Waals surface area contributed by atoms with Crippen LogP contribution in [-0.2, 0) is 9.59 Å². The number of hydrogen-bond donors (Lipinski definition) is 2. The van der Waals surface area contributed by atoms with E-state index in [2.05, 4.69) is 30.4 Å². The fourth-order valence-electron chi connectivity index (χ4n) is 4.20. The number of carbonyl (C=O) groups excluding carboxylic acids is 2. The second-order valence-electron chi connectivity index (χ2n) is 7.84. The molecule has 4 heterocycles. The Balaban J connectivity index is 1.31. The van der Waals surface area contributed by atoms with Gasteiger partial charge in [-0.2, -0.15) is 0 Å². The number of benzene rings is 1. The molecular formula is C21H26N6O2. The summed E-state index contributed by atoms with van der Waals surface area (Å²) in [6.07, 6.45) is 1.12. The molecule has 8 nitrogen and oxygen atoms in total. The van der Waals surface area contributed by atoms with E-state index in [1.54, 1.807) is 24.3 Å². The first-order valence-electron chi connectivity index (χ1n) is 9.88. The predicted octanol–water partition coefficient (Wildman–Crippen LogP) is 1.95. The molecule has 3 fully saturated rings. The molecule has 0 saturated carbocycles. The van der Waals surface area contributed by atoms with Gasteiger partial charge in [0, 0.05) is 55.2 Å². The topological polar surface area (TPSA) is 90.5 Å². The van der Waals surface area contributed by atoms with Gasteiger partial charge in [0.1, 0.15) is 11.6 Å². The number of rotatable bonds is 5. The summed E-state index contributed by atoms with van der Waals surface area (Å²) in [6, 6.07) is 9.91. The zero-order chi connectivity index (χ0) is 20.5. The van der Waals surface area contributed by atoms with Crippen LogP contribution in [0.5, 0.6) is 0 Å². The van der Waals surface area contributed by atoms with Gasteiger partial charge in [-0.15, -0.1) is 0 Å². The van der Waals surface area contributed by atoms with Gasteiger partial charge >= 0.3 is 0 Å². The number of aryl methyl sites for hydroxylation is 2. The van der Waals surface area contributed by atoms with Crippen LogP contribution in [0.2, 0.25) is 0 Å². The van der Waals surface area contributed by atoms with Gasteiger partial charge in [0.2, 0.25) is 11.8 Å². The number of amides is 2. The highest BCUT2D eigenvalue weighted by Gasteiger charge is 2.45. The Hall–Kier alpha value is -3.00. The second-order valence-corrected chi connectivity index (χ2v) is 7.84. The first-order chi connectivity index (χ1) is 13.9. The Morgan fingerprint density at radius 1 is 1.03 bits per heavy atom. The van der Waals surface area contributed by atoms with Crippen molar-refractivity contribution in [1.82, 2.24) is 14.9 Å². The predicted molar refractivity (Wildman–Crippen MR) is 112 cm³/mol. The number of anilines is 3. The van der Waals surface area contributed by atoms with Crippen LogP contribution in [-0.4, -0.2) is 58.4 Å². The number of carbonyl (C=O) groups is 2. The van der Waals surface area contributed by atoms with Crippen molar-refractivity contribution in [1.29, 1.82) is 0 Å². The highest BCUT2D eigenvalue weighted by molar-refractivity contribution is 5.93. The van der Waals surface area contributed by atoms with Gasteiger partial charge < -0.3 is 15.5 Å². The molecule has 29 heavy (non-hydrogen) atoms. The lowest BCUT2D eigenvalue weighted by Gasteiger charge is -2.56. The highest BCUT2D eigenvalue weighted by atomic mass is 16.2. The van der Waals surface area contributed by atoms with E-state index in [1.165, 1.54) is 6.92 Å². The lowest BCUT2D eigenvalue weighted by molar-refractivity contribution is -0.121. The summed E-state index contributed by atoms with van der Waals surface area (Å²) in [5, 5.41) is 5.65. The van der Waals surface area contributed by atoms with Crippen molar-refractivity contribution in [3.05, 3.63) is 41.9 Å². The lowest BCUT2D eigenvalue weighted by atomic mass is 9.87. The van der Waals surface area contributed by atoms with Gasteiger partial charge in [-0.05, 0) is 44.5 Å². The number of nitrogens with zero attached hydrogens (tertiary/aromatic N) is 4. The molecule has 2 amide bonds. The minimum Gasteiger partial charge on any atom is -0.353 e. The van der Waals surface area contributed by atoms with Gasteiger partial charge in [0.15, 0.2) is 0 Å². The minimum atomic E-state index is -0.118. The zero-order valence-corrected chi connectivity index (χ0v) is 17.0. The van der Waals surface area contributed by atoms with E-state index in [9.17, 15) is 9.59 Å². The van der Waals surface area contributed by atoms with Crippen LogP contribution in [0.15, 0.2) is 30.3 Å². The van der Waals surface area contributed by atoms with Crippen molar-refractivity contribution in [2.75, 3.05) is 35.2 Å². The van der Waals surface area contributed by atoms with E-state index in [-0.39, 0.29) is 11.8 Å². The van der Waals surface area contributed by atoms with Crippen molar-refractivity contribution >= 4 is 29.0 Å². The van der Waals surface area contributed by atoms with E-state index >= 15 is 0 Å². The average Bonchev–Trinajstić information content (AvgIpc) is 2.66. The van der Waals surface area contributed by atoms with E-state index in [0.717, 1.165) is 42.5 Å². The Bertz CT molecular complexity index is 897. The lowest BCUT2D eigenvalue weighted by Crippen LogP contribution is -2.69. The van der Waals surface area contributed by atoms with Crippen LogP contribution in [0.3, 0.4) is 0 Å². The van der Waals surface area contributed by atoms with Crippen molar-refractivity contribution in [2.24, 2.45) is 0 Å². The smallest absolute Gasteiger partial charge is 0.238 e. The third-order valence-corrected chi connectivity index (χ3v) is 5.44. The van der Waals surface area contributed by atoms with Crippen molar-refractivity contribution < 1.29 is 9.59 Å². The molecule has 3 aliphatic rings. The fourth-order valence-corrected chi connectivity index (χ4v) is 4.20. The number of nitrogens with one attached hydrogen (secondary N) is 2. The van der Waals surface area contributed by atoms with Gasteiger partial charge in [-0.1, -0.05) is 0 Å². The average molecular weight is 394 g/mol. The summed E-state index contributed by atoms with van der Waals surface area (Å²) >= 11 is 0. The monoisotopic (exact) mass is 394 g/mol. The Labute approximate surface area is 170 Å². The van der Waals surface area contributed by atoms with Crippen LogP contribution >= 0.6 is 0 Å². The molecule has 2 bridgehead atoms. The zero-order valence-electron chi connectivity index (χ0n) is 17.0. The Kier molecular flexibility index (Phi) is 5.19. The molecular weight excluding hydrogens is 368 g/mol. The molecule has 0 aliphatic carbocycles. The molecule has 2 atom stereocenters. The molecule has 152 valence electrons. The SMILES string of the molecule is CC(=O)Nc1ccc(NC(=O)CN2C3CC2CN(c2cc(C)nc(C)n2)C3)cc1. The van der Waals surface area contributed by atoms with Crippen molar-refractivity contribution in [3.8, 4) is 0 Å². The summed E-state index contributed by atoms with van der Waals surface area (Å²) in [4.78, 5) is 37.1. The molecule has 3 saturated heterocycles. The number of fused-ring (bicyclic) bond motifs is 2. The summed E-state index contributed by atoms with van der Waals surface area (Å²) in [5.41, 5.74) is 2.42. The first kappa shape index (κ1) is 19.3. The molecule has 2 aromatic rings. The normalized spacial score (nSPS) is 20.7. The molecule has 8 heteroatoms. The Morgan fingerprint density at radius 3 is 2.24 bits per heavy atom. The highest BCUT2D eigenvalue weighted by Crippen LogP contribution is 2.34. The van der Waals surface area contributed by atoms with E-state index in [4.69, 9.17) is 0 Å². The van der Waals surface area contributed by atoms with Crippen molar-refractivity contribution in [3.63, 3.8) is 0 Å². The molecule has 0 spiro atoms. The maximum absolute atomic E-state index is 12.5. The molecule has 3 aliphatic heterocycles. The minimum absolute atomic E-state index is 0.0193. The molecule has 1 aromatic carbocycles. The number of hydrogen-bond acceptors (Lipinski definition) is 6. The van der Waals surface area contributed by atoms with E-state index < -0.39 is 0 Å². The molecule has 2 unspecified atom stereocenters. The second kappa shape index (κ2) is 7.79. The summed E-state index contributed by atoms with van der Waals surface area (Å²) < 4.78 is 0. The van der Waals surface area contributed by atoms with Crippen LogP contribution in [0.25, 0.3) is 0 Å². The number of aromatic nitrogens is 2. The first-order valence-corrected chi connectivity index (χ1v) is 9.88. The molecule has 5 rings (SSSR count). The number of piperidine rings is 1. The third kappa shape index (κ3) is 4.37. The summed E-state index contributed by atoms with van der Waals surface area (Å²) in [6.45, 7) is 7.52. The van der Waals surface area contributed by atoms with Gasteiger partial charge in [0.05, 0.1) is 6.54 Å². The Morgan fingerprint density at radius 2 is 1.66 bits per heavy atom. The van der Waals surface area contributed by atoms with Gasteiger partial charge in [-0.3, -0.25) is 14.5 Å². The van der Waals surface area contributed by atoms with Crippen LogP contribution < -0.4 is 15.5 Å². The van der Waals surface area contributed by atoms with Crippen molar-refractivity contribution in [2.45, 2.75) is 39.3 Å². The molecule has 0 radical (unpaired) electrons. The van der Waals surface area contributed by atoms with Crippen LogP contribution in [0.1, 0.15) is 24.9 Å². The third-order valence-electron chi connectivity index (χ3n) is 5.44. The van der Waals surface area contributed by atoms with Gasteiger partial charge in [0.25, 0.3) is 0 Å². The van der Waals surface area contributed by atoms with E-state index in [1.807, 2.05) is 19.9 Å². The maximum Gasteiger partial charge on any atom is 0.238 e.